The molecule has 0 radical (unpaired) electrons. The van der Waals surface area contributed by atoms with Crippen molar-refractivity contribution in [3.63, 3.8) is 0 Å². The van der Waals surface area contributed by atoms with Crippen molar-refractivity contribution in [1.29, 1.82) is 0 Å². The Hall–Kier alpha value is -1.55. The summed E-state index contributed by atoms with van der Waals surface area (Å²) in [6.07, 6.45) is 6.01. The van der Waals surface area contributed by atoms with Gasteiger partial charge in [0.25, 0.3) is 5.91 Å². The summed E-state index contributed by atoms with van der Waals surface area (Å²) in [5, 5.41) is 0. The van der Waals surface area contributed by atoms with Gasteiger partial charge in [0, 0.05) is 24.3 Å². The van der Waals surface area contributed by atoms with Crippen LogP contribution < -0.4 is 11.3 Å². The second kappa shape index (κ2) is 6.40. The molecule has 0 unspecified atom stereocenters. The Labute approximate surface area is 108 Å². The summed E-state index contributed by atoms with van der Waals surface area (Å²) in [5.41, 5.74) is 4.13. The molecule has 0 bridgehead atoms. The SMILES string of the molecule is NNc1ccc(C(=O)N2CCCCCCC2)cc1. The molecule has 3 N–H and O–H groups in total. The van der Waals surface area contributed by atoms with E-state index in [9.17, 15) is 4.79 Å². The number of anilines is 1. The summed E-state index contributed by atoms with van der Waals surface area (Å²) in [4.78, 5) is 14.3. The lowest BCUT2D eigenvalue weighted by molar-refractivity contribution is 0.0742. The molecule has 2 rings (SSSR count). The molecular weight excluding hydrogens is 226 g/mol. The molecule has 0 saturated carbocycles. The van der Waals surface area contributed by atoms with E-state index in [1.807, 2.05) is 29.2 Å². The lowest BCUT2D eigenvalue weighted by Crippen LogP contribution is -2.33. The third-order valence-electron chi connectivity index (χ3n) is 3.44. The van der Waals surface area contributed by atoms with Gasteiger partial charge >= 0.3 is 0 Å². The van der Waals surface area contributed by atoms with E-state index in [0.717, 1.165) is 37.2 Å². The summed E-state index contributed by atoms with van der Waals surface area (Å²) in [6.45, 7) is 1.77. The van der Waals surface area contributed by atoms with Gasteiger partial charge in [0.2, 0.25) is 0 Å². The van der Waals surface area contributed by atoms with Crippen molar-refractivity contribution in [2.24, 2.45) is 5.84 Å². The molecule has 1 saturated heterocycles. The fraction of sp³-hybridized carbons (Fsp3) is 0.500. The summed E-state index contributed by atoms with van der Waals surface area (Å²) in [5.74, 6) is 5.45. The Balaban J connectivity index is 2.03. The number of hydrogen-bond donors (Lipinski definition) is 2. The number of hydrazine groups is 1. The Bertz CT molecular complexity index is 381. The predicted octanol–water partition coefficient (Wildman–Crippen LogP) is 2.38. The van der Waals surface area contributed by atoms with Crippen LogP contribution in [0.1, 0.15) is 42.5 Å². The van der Waals surface area contributed by atoms with Gasteiger partial charge in [-0.05, 0) is 37.1 Å². The Morgan fingerprint density at radius 3 is 2.11 bits per heavy atom. The molecule has 1 aromatic carbocycles. The zero-order valence-electron chi connectivity index (χ0n) is 10.7. The zero-order valence-corrected chi connectivity index (χ0v) is 10.7. The van der Waals surface area contributed by atoms with Crippen molar-refractivity contribution in [2.75, 3.05) is 18.5 Å². The molecule has 1 aliphatic rings. The molecule has 4 heteroatoms. The van der Waals surface area contributed by atoms with Crippen molar-refractivity contribution >= 4 is 11.6 Å². The van der Waals surface area contributed by atoms with E-state index >= 15 is 0 Å². The molecule has 1 heterocycles. The first-order valence-corrected chi connectivity index (χ1v) is 6.67. The number of hydrogen-bond acceptors (Lipinski definition) is 3. The van der Waals surface area contributed by atoms with Crippen molar-refractivity contribution in [3.05, 3.63) is 29.8 Å². The van der Waals surface area contributed by atoms with Crippen molar-refractivity contribution in [2.45, 2.75) is 32.1 Å². The summed E-state index contributed by atoms with van der Waals surface area (Å²) in [7, 11) is 0. The van der Waals surface area contributed by atoms with Crippen LogP contribution in [0, 0.1) is 0 Å². The summed E-state index contributed by atoms with van der Waals surface area (Å²) in [6, 6.07) is 7.32. The van der Waals surface area contributed by atoms with Crippen LogP contribution in [0.15, 0.2) is 24.3 Å². The van der Waals surface area contributed by atoms with E-state index in [1.54, 1.807) is 0 Å². The second-order valence-electron chi connectivity index (χ2n) is 4.78. The second-order valence-corrected chi connectivity index (χ2v) is 4.78. The van der Waals surface area contributed by atoms with Crippen molar-refractivity contribution in [1.82, 2.24) is 4.90 Å². The number of likely N-dealkylation sites (tertiary alicyclic amines) is 1. The Morgan fingerprint density at radius 1 is 1.00 bits per heavy atom. The molecule has 1 fully saturated rings. The number of nitrogens with two attached hydrogens (primary N) is 1. The van der Waals surface area contributed by atoms with Gasteiger partial charge in [0.05, 0.1) is 0 Å². The van der Waals surface area contributed by atoms with Crippen LogP contribution in [0.3, 0.4) is 0 Å². The minimum absolute atomic E-state index is 0.139. The molecule has 4 nitrogen and oxygen atoms in total. The van der Waals surface area contributed by atoms with Crippen LogP contribution in [0.4, 0.5) is 5.69 Å². The molecular formula is C14H21N3O. The van der Waals surface area contributed by atoms with Gasteiger partial charge in [-0.25, -0.2) is 0 Å². The normalized spacial score (nSPS) is 16.8. The van der Waals surface area contributed by atoms with Gasteiger partial charge in [-0.3, -0.25) is 10.6 Å². The number of rotatable bonds is 2. The van der Waals surface area contributed by atoms with Crippen LogP contribution >= 0.6 is 0 Å². The van der Waals surface area contributed by atoms with Gasteiger partial charge in [0.15, 0.2) is 0 Å². The van der Waals surface area contributed by atoms with Crippen LogP contribution in [0.25, 0.3) is 0 Å². The van der Waals surface area contributed by atoms with Gasteiger partial charge in [-0.1, -0.05) is 19.3 Å². The van der Waals surface area contributed by atoms with E-state index in [2.05, 4.69) is 5.43 Å². The molecule has 0 aromatic heterocycles. The molecule has 0 aliphatic carbocycles. The highest BCUT2D eigenvalue weighted by Gasteiger charge is 2.16. The Morgan fingerprint density at radius 2 is 1.56 bits per heavy atom. The fourth-order valence-corrected chi connectivity index (χ4v) is 2.34. The number of carbonyl (C=O) groups is 1. The van der Waals surface area contributed by atoms with Crippen LogP contribution in [0.2, 0.25) is 0 Å². The molecule has 1 aliphatic heterocycles. The maximum Gasteiger partial charge on any atom is 0.253 e. The van der Waals surface area contributed by atoms with Crippen molar-refractivity contribution in [3.8, 4) is 0 Å². The maximum absolute atomic E-state index is 12.3. The number of benzene rings is 1. The maximum atomic E-state index is 12.3. The average Bonchev–Trinajstić information content (AvgIpc) is 2.38. The van der Waals surface area contributed by atoms with E-state index in [1.165, 1.54) is 19.3 Å². The fourth-order valence-electron chi connectivity index (χ4n) is 2.34. The predicted molar refractivity (Wildman–Crippen MR) is 73.2 cm³/mol. The highest BCUT2D eigenvalue weighted by Crippen LogP contribution is 2.15. The van der Waals surface area contributed by atoms with Crippen LogP contribution in [0.5, 0.6) is 0 Å². The molecule has 98 valence electrons. The largest absolute Gasteiger partial charge is 0.339 e. The third-order valence-corrected chi connectivity index (χ3v) is 3.44. The number of nitrogens with zero attached hydrogens (tertiary/aromatic N) is 1. The molecule has 1 aromatic rings. The average molecular weight is 247 g/mol. The quantitative estimate of drug-likeness (QED) is 0.623. The number of amides is 1. The summed E-state index contributed by atoms with van der Waals surface area (Å²) >= 11 is 0. The number of nitrogens with one attached hydrogen (secondary N) is 1. The van der Waals surface area contributed by atoms with Gasteiger partial charge < -0.3 is 10.3 Å². The lowest BCUT2D eigenvalue weighted by Gasteiger charge is -2.24. The lowest BCUT2D eigenvalue weighted by atomic mass is 10.1. The van der Waals surface area contributed by atoms with E-state index < -0.39 is 0 Å². The minimum Gasteiger partial charge on any atom is -0.339 e. The monoisotopic (exact) mass is 247 g/mol. The Kier molecular flexibility index (Phi) is 4.59. The highest BCUT2D eigenvalue weighted by molar-refractivity contribution is 5.94. The molecule has 0 spiro atoms. The van der Waals surface area contributed by atoms with E-state index in [4.69, 9.17) is 5.84 Å². The van der Waals surface area contributed by atoms with Crippen LogP contribution in [-0.2, 0) is 0 Å². The number of nitrogen functional groups attached to an aromatic ring is 1. The standard InChI is InChI=1S/C14H21N3O/c15-16-13-8-6-12(7-9-13)14(18)17-10-4-2-1-3-5-11-17/h6-9,16H,1-5,10-11,15H2. The molecule has 18 heavy (non-hydrogen) atoms. The third kappa shape index (κ3) is 3.23. The van der Waals surface area contributed by atoms with Crippen LogP contribution in [-0.4, -0.2) is 23.9 Å². The first kappa shape index (κ1) is 12.9. The molecule has 0 atom stereocenters. The van der Waals surface area contributed by atoms with E-state index in [0.29, 0.717) is 0 Å². The van der Waals surface area contributed by atoms with Gasteiger partial charge in [-0.2, -0.15) is 0 Å². The smallest absolute Gasteiger partial charge is 0.253 e. The van der Waals surface area contributed by atoms with Gasteiger partial charge in [-0.15, -0.1) is 0 Å². The van der Waals surface area contributed by atoms with Crippen molar-refractivity contribution < 1.29 is 4.79 Å². The highest BCUT2D eigenvalue weighted by atomic mass is 16.2. The topological polar surface area (TPSA) is 58.4 Å². The first-order valence-electron chi connectivity index (χ1n) is 6.67. The molecule has 1 amide bonds. The number of carbonyl (C=O) groups excluding carboxylic acids is 1. The minimum atomic E-state index is 0.139. The van der Waals surface area contributed by atoms with E-state index in [-0.39, 0.29) is 5.91 Å². The zero-order chi connectivity index (χ0) is 12.8. The first-order chi connectivity index (χ1) is 8.81. The van der Waals surface area contributed by atoms with Gasteiger partial charge in [0.1, 0.15) is 0 Å². The summed E-state index contributed by atoms with van der Waals surface area (Å²) < 4.78 is 0.